The van der Waals surface area contributed by atoms with Crippen molar-refractivity contribution in [3.05, 3.63) is 95.2 Å². The number of H-pyrrole nitrogens is 1. The molecule has 0 amide bonds. The van der Waals surface area contributed by atoms with E-state index in [1.54, 1.807) is 7.11 Å². The van der Waals surface area contributed by atoms with Gasteiger partial charge in [0.2, 0.25) is 11.5 Å². The summed E-state index contributed by atoms with van der Waals surface area (Å²) in [5.41, 5.74) is 0.159. The zero-order valence-corrected chi connectivity index (χ0v) is 38.1. The van der Waals surface area contributed by atoms with Gasteiger partial charge >= 0.3 is 17.9 Å². The van der Waals surface area contributed by atoms with Crippen molar-refractivity contribution >= 4 is 34.5 Å². The third-order valence-corrected chi connectivity index (χ3v) is 16.5. The smallest absolute Gasteiger partial charge is 0.344 e. The van der Waals surface area contributed by atoms with Gasteiger partial charge < -0.3 is 33.9 Å². The first-order valence-electron chi connectivity index (χ1n) is 22.8. The standard InChI is InChI=1S/C51H58F2N4O8/c1-8-48-17-12-19-57-20-18-49(42(48)57)36-23-37(40(62-5)24-39(36)55(4)43(49)51(61,46(60)64-7)44(48)65-29(2)58)50(45(59)63-6)25-30-21-33(47(3,52)53)27-56(26-30)28-35-34-22-32(31-13-10-9-11-14-31)15-16-38(34)54-41(35)50/h9-17,22-24,30,33,42-44,54,61H,8,18-21,25-28H2,1-7H3/t30-,33?,42+,43-,44-,48-,49-,50+,51+/m1/s1. The maximum Gasteiger partial charge on any atom is 0.344 e. The molecule has 5 aliphatic heterocycles. The van der Waals surface area contributed by atoms with E-state index >= 15 is 13.6 Å². The number of hydrogen-bond acceptors (Lipinski definition) is 11. The third-order valence-electron chi connectivity index (χ3n) is 16.5. The summed E-state index contributed by atoms with van der Waals surface area (Å²) in [5.74, 6) is -6.03. The van der Waals surface area contributed by atoms with Gasteiger partial charge in [0, 0.05) is 96.9 Å². The second-order valence-electron chi connectivity index (χ2n) is 19.6. The van der Waals surface area contributed by atoms with Crippen LogP contribution < -0.4 is 9.64 Å². The second kappa shape index (κ2) is 15.1. The number of aromatic amines is 1. The van der Waals surface area contributed by atoms with E-state index in [0.29, 0.717) is 61.7 Å². The van der Waals surface area contributed by atoms with Crippen molar-refractivity contribution in [3.63, 3.8) is 0 Å². The van der Waals surface area contributed by atoms with Crippen LogP contribution in [0.2, 0.25) is 0 Å². The molecule has 65 heavy (non-hydrogen) atoms. The number of piperidine rings is 1. The van der Waals surface area contributed by atoms with Crippen molar-refractivity contribution in [1.82, 2.24) is 14.8 Å². The van der Waals surface area contributed by atoms with Gasteiger partial charge in [-0.2, -0.15) is 0 Å². The maximum absolute atomic E-state index is 15.6. The number of anilines is 1. The van der Waals surface area contributed by atoms with Gasteiger partial charge in [0.25, 0.3) is 0 Å². The number of ether oxygens (including phenoxy) is 4. The Kier molecular flexibility index (Phi) is 10.1. The summed E-state index contributed by atoms with van der Waals surface area (Å²) in [7, 11) is 5.96. The predicted octanol–water partition coefficient (Wildman–Crippen LogP) is 6.75. The lowest BCUT2D eigenvalue weighted by atomic mass is 9.47. The summed E-state index contributed by atoms with van der Waals surface area (Å²) in [6.07, 6.45) is 3.97. The average Bonchev–Trinajstić information content (AvgIpc) is 3.94. The number of benzene rings is 3. The lowest BCUT2D eigenvalue weighted by Gasteiger charge is -2.63. The molecule has 10 atom stereocenters. The number of nitrogens with zero attached hydrogens (tertiary/aromatic N) is 3. The van der Waals surface area contributed by atoms with Crippen LogP contribution in [0.4, 0.5) is 14.5 Å². The number of esters is 3. The highest BCUT2D eigenvalue weighted by Crippen LogP contribution is 2.68. The van der Waals surface area contributed by atoms with Crippen molar-refractivity contribution in [3.8, 4) is 16.9 Å². The van der Waals surface area contributed by atoms with Gasteiger partial charge in [-0.25, -0.2) is 13.6 Å². The average molecular weight is 893 g/mol. The number of rotatable bonds is 8. The van der Waals surface area contributed by atoms with Gasteiger partial charge in [-0.1, -0.05) is 55.5 Å². The van der Waals surface area contributed by atoms with Gasteiger partial charge in [0.1, 0.15) is 11.2 Å². The first-order valence-corrected chi connectivity index (χ1v) is 22.8. The summed E-state index contributed by atoms with van der Waals surface area (Å²) in [4.78, 5) is 53.1. The van der Waals surface area contributed by atoms with Crippen molar-refractivity contribution in [1.29, 1.82) is 0 Å². The maximum atomic E-state index is 15.6. The van der Waals surface area contributed by atoms with Crippen molar-refractivity contribution in [2.75, 3.05) is 59.5 Å². The first kappa shape index (κ1) is 43.6. The van der Waals surface area contributed by atoms with Crippen LogP contribution in [0.25, 0.3) is 22.0 Å². The number of likely N-dealkylation sites (N-methyl/N-ethyl adjacent to an activating group) is 1. The minimum Gasteiger partial charge on any atom is -0.496 e. The lowest BCUT2D eigenvalue weighted by molar-refractivity contribution is -0.228. The van der Waals surface area contributed by atoms with Crippen LogP contribution in [0.3, 0.4) is 0 Å². The molecule has 3 aromatic carbocycles. The number of nitrogens with one attached hydrogen (secondary N) is 1. The zero-order chi connectivity index (χ0) is 46.0. The molecule has 10 rings (SSSR count). The van der Waals surface area contributed by atoms with E-state index in [2.05, 4.69) is 20.9 Å². The Hall–Kier alpha value is -5.31. The predicted molar refractivity (Wildman–Crippen MR) is 240 cm³/mol. The quantitative estimate of drug-likeness (QED) is 0.111. The van der Waals surface area contributed by atoms with E-state index in [0.717, 1.165) is 40.1 Å². The van der Waals surface area contributed by atoms with Crippen LogP contribution in [0, 0.1) is 17.3 Å². The molecular formula is C51H58F2N4O8. The van der Waals surface area contributed by atoms with Gasteiger partial charge in [0.15, 0.2) is 6.10 Å². The van der Waals surface area contributed by atoms with Gasteiger partial charge in [-0.05, 0) is 85.5 Å². The second-order valence-corrected chi connectivity index (χ2v) is 19.6. The Labute approximate surface area is 377 Å². The normalized spacial score (nSPS) is 33.5. The summed E-state index contributed by atoms with van der Waals surface area (Å²) in [5, 5.41) is 14.3. The number of aliphatic hydroxyl groups is 1. The summed E-state index contributed by atoms with van der Waals surface area (Å²) < 4.78 is 55.0. The molecule has 12 nitrogen and oxygen atoms in total. The van der Waals surface area contributed by atoms with E-state index in [1.165, 1.54) is 21.1 Å². The molecule has 1 spiro atoms. The fraction of sp³-hybridized carbons (Fsp3) is 0.510. The zero-order valence-electron chi connectivity index (χ0n) is 38.1. The monoisotopic (exact) mass is 892 g/mol. The largest absolute Gasteiger partial charge is 0.496 e. The molecule has 14 heteroatoms. The Balaban J connectivity index is 1.27. The first-order chi connectivity index (χ1) is 31.0. The summed E-state index contributed by atoms with van der Waals surface area (Å²) in [6, 6.07) is 18.7. The van der Waals surface area contributed by atoms with Gasteiger partial charge in [-0.3, -0.25) is 19.4 Å². The molecule has 2 bridgehead atoms. The lowest BCUT2D eigenvalue weighted by Crippen LogP contribution is -2.81. The topological polar surface area (TPSA) is 134 Å². The molecule has 1 saturated carbocycles. The minimum absolute atomic E-state index is 0.132. The van der Waals surface area contributed by atoms with Gasteiger partial charge in [-0.15, -0.1) is 0 Å². The molecule has 2 N–H and O–H groups in total. The van der Waals surface area contributed by atoms with Crippen molar-refractivity contribution < 1.29 is 47.2 Å². The molecule has 6 heterocycles. The van der Waals surface area contributed by atoms with Crippen LogP contribution >= 0.6 is 0 Å². The van der Waals surface area contributed by atoms with Crippen molar-refractivity contribution in [2.24, 2.45) is 17.3 Å². The van der Waals surface area contributed by atoms with E-state index in [4.69, 9.17) is 18.9 Å². The number of hydrogen-bond donors (Lipinski definition) is 2. The van der Waals surface area contributed by atoms with E-state index in [-0.39, 0.29) is 31.3 Å². The van der Waals surface area contributed by atoms with E-state index in [1.807, 2.05) is 85.6 Å². The van der Waals surface area contributed by atoms with E-state index < -0.39 is 63.7 Å². The fourth-order valence-electron chi connectivity index (χ4n) is 14.1. The van der Waals surface area contributed by atoms with Gasteiger partial charge in [0.05, 0.1) is 27.4 Å². The Morgan fingerprint density at radius 3 is 2.38 bits per heavy atom. The fourth-order valence-corrected chi connectivity index (χ4v) is 14.1. The molecule has 344 valence electrons. The van der Waals surface area contributed by atoms with Crippen LogP contribution in [0.1, 0.15) is 68.8 Å². The highest BCUT2D eigenvalue weighted by Gasteiger charge is 2.80. The molecule has 2 unspecified atom stereocenters. The molecular weight excluding hydrogens is 835 g/mol. The highest BCUT2D eigenvalue weighted by molar-refractivity contribution is 5.96. The van der Waals surface area contributed by atoms with Crippen LogP contribution in [-0.4, -0.2) is 122 Å². The van der Waals surface area contributed by atoms with Crippen LogP contribution in [-0.2, 0) is 46.0 Å². The number of carbonyl (C=O) groups is 3. The molecule has 4 aromatic rings. The number of fused-ring (bicyclic) bond motifs is 6. The molecule has 1 aromatic heterocycles. The number of carbonyl (C=O) groups excluding carboxylic acids is 3. The summed E-state index contributed by atoms with van der Waals surface area (Å²) in [6.45, 7) is 6.46. The third kappa shape index (κ3) is 5.91. The van der Waals surface area contributed by atoms with Crippen molar-refractivity contribution in [2.45, 2.75) is 93.5 Å². The molecule has 3 fully saturated rings. The Morgan fingerprint density at radius 1 is 0.954 bits per heavy atom. The Morgan fingerprint density at radius 2 is 1.71 bits per heavy atom. The molecule has 6 aliphatic rings. The number of alkyl halides is 2. The van der Waals surface area contributed by atoms with E-state index in [9.17, 15) is 14.7 Å². The summed E-state index contributed by atoms with van der Waals surface area (Å²) >= 11 is 0. The molecule has 2 saturated heterocycles. The minimum atomic E-state index is -2.96. The molecule has 1 aliphatic carbocycles. The number of halogens is 2. The highest BCUT2D eigenvalue weighted by atomic mass is 19.3. The number of aromatic nitrogens is 1. The van der Waals surface area contributed by atoms with Crippen LogP contribution in [0.5, 0.6) is 5.75 Å². The number of methoxy groups -OCH3 is 3. The SMILES string of the molecule is CC[C@]12C=CCN3CC[C@@]4(c5cc([C@@]6(C(=O)OC)C[C@H]7CC(C(C)(F)F)CN(Cc8c6[nH]c6ccc(-c9ccccc9)cc86)C7)c(OC)cc5N(C)[C@H]4[C@@](O)(C(=O)OC)[C@@H]1OC(C)=O)[C@@H]32. The molecule has 0 radical (unpaired) electrons. The van der Waals surface area contributed by atoms with Crippen LogP contribution in [0.15, 0.2) is 72.8 Å². The Bertz CT molecular complexity index is 2630.